The molecule has 0 N–H and O–H groups in total. The molecule has 19 heavy (non-hydrogen) atoms. The molecule has 0 radical (unpaired) electrons. The number of nitrogens with zero attached hydrogens (tertiary/aromatic N) is 2. The normalized spacial score (nSPS) is 12.4. The molecule has 0 amide bonds. The lowest BCUT2D eigenvalue weighted by Gasteiger charge is -2.09. The molecule has 0 spiro atoms. The Balaban J connectivity index is 2.36. The first-order chi connectivity index (χ1) is 9.01. The van der Waals surface area contributed by atoms with E-state index in [0.717, 1.165) is 16.6 Å². The standard InChI is InChI=1S/C14H16N2O2S/c1-8-5-6-12-11(7-8)9(2)15-14(16-12)19-10(3)13(17)18-4/h5-7,10H,1-4H3. The van der Waals surface area contributed by atoms with Crippen molar-refractivity contribution >= 4 is 28.6 Å². The minimum atomic E-state index is -0.313. The van der Waals surface area contributed by atoms with Crippen LogP contribution in [0.4, 0.5) is 0 Å². The molecule has 0 aliphatic carbocycles. The highest BCUT2D eigenvalue weighted by atomic mass is 32.2. The lowest BCUT2D eigenvalue weighted by atomic mass is 10.1. The molecule has 2 aromatic rings. The Kier molecular flexibility index (Phi) is 4.04. The van der Waals surface area contributed by atoms with Crippen LogP contribution in [0.3, 0.4) is 0 Å². The number of carbonyl (C=O) groups excluding carboxylic acids is 1. The zero-order valence-electron chi connectivity index (χ0n) is 11.4. The molecule has 1 unspecified atom stereocenters. The van der Waals surface area contributed by atoms with Crippen LogP contribution in [0.2, 0.25) is 0 Å². The van der Waals surface area contributed by atoms with E-state index in [-0.39, 0.29) is 11.2 Å². The first-order valence-electron chi connectivity index (χ1n) is 6.00. The molecule has 0 aliphatic heterocycles. The third-order valence-corrected chi connectivity index (χ3v) is 3.78. The highest BCUT2D eigenvalue weighted by Crippen LogP contribution is 2.24. The maximum atomic E-state index is 11.4. The number of rotatable bonds is 3. The quantitative estimate of drug-likeness (QED) is 0.490. The fraction of sp³-hybridized carbons (Fsp3) is 0.357. The van der Waals surface area contributed by atoms with Crippen LogP contribution in [0, 0.1) is 13.8 Å². The van der Waals surface area contributed by atoms with Gasteiger partial charge in [-0.15, -0.1) is 0 Å². The Morgan fingerprint density at radius 3 is 2.74 bits per heavy atom. The highest BCUT2D eigenvalue weighted by Gasteiger charge is 2.17. The van der Waals surface area contributed by atoms with Crippen molar-refractivity contribution in [2.24, 2.45) is 0 Å². The molecule has 1 atom stereocenters. The second-order valence-corrected chi connectivity index (χ2v) is 5.70. The number of fused-ring (bicyclic) bond motifs is 1. The predicted octanol–water partition coefficient (Wildman–Crippen LogP) is 2.90. The van der Waals surface area contributed by atoms with Gasteiger partial charge in [0, 0.05) is 11.1 Å². The number of aromatic nitrogens is 2. The molecule has 0 fully saturated rings. The van der Waals surface area contributed by atoms with Gasteiger partial charge in [-0.2, -0.15) is 0 Å². The number of thioether (sulfide) groups is 1. The van der Waals surface area contributed by atoms with Gasteiger partial charge in [0.1, 0.15) is 5.25 Å². The first-order valence-corrected chi connectivity index (χ1v) is 6.88. The first kappa shape index (κ1) is 13.8. The summed E-state index contributed by atoms with van der Waals surface area (Å²) in [5.74, 6) is -0.268. The van der Waals surface area contributed by atoms with Gasteiger partial charge in [-0.05, 0) is 32.9 Å². The molecule has 0 saturated carbocycles. The number of hydrogen-bond donors (Lipinski definition) is 0. The zero-order chi connectivity index (χ0) is 14.0. The molecule has 0 bridgehead atoms. The van der Waals surface area contributed by atoms with Gasteiger partial charge in [0.25, 0.3) is 0 Å². The van der Waals surface area contributed by atoms with Crippen LogP contribution in [-0.4, -0.2) is 28.3 Å². The Morgan fingerprint density at radius 1 is 1.32 bits per heavy atom. The summed E-state index contributed by atoms with van der Waals surface area (Å²) < 4.78 is 4.70. The molecule has 1 aromatic carbocycles. The van der Waals surface area contributed by atoms with Crippen molar-refractivity contribution in [3.05, 3.63) is 29.5 Å². The Labute approximate surface area is 116 Å². The number of methoxy groups -OCH3 is 1. The Hall–Kier alpha value is -1.62. The summed E-state index contributed by atoms with van der Waals surface area (Å²) in [5.41, 5.74) is 3.01. The largest absolute Gasteiger partial charge is 0.468 e. The molecule has 1 aromatic heterocycles. The number of benzene rings is 1. The smallest absolute Gasteiger partial charge is 0.318 e. The van der Waals surface area contributed by atoms with Gasteiger partial charge >= 0.3 is 5.97 Å². The summed E-state index contributed by atoms with van der Waals surface area (Å²) >= 11 is 1.31. The summed E-state index contributed by atoms with van der Waals surface area (Å²) in [6, 6.07) is 6.07. The summed E-state index contributed by atoms with van der Waals surface area (Å²) in [4.78, 5) is 20.3. The topological polar surface area (TPSA) is 52.1 Å². The third-order valence-electron chi connectivity index (χ3n) is 2.84. The van der Waals surface area contributed by atoms with Crippen molar-refractivity contribution in [3.63, 3.8) is 0 Å². The van der Waals surface area contributed by atoms with E-state index in [1.165, 1.54) is 24.4 Å². The zero-order valence-corrected chi connectivity index (χ0v) is 12.2. The van der Waals surface area contributed by atoms with Gasteiger partial charge in [-0.25, -0.2) is 9.97 Å². The van der Waals surface area contributed by atoms with Crippen molar-refractivity contribution in [2.75, 3.05) is 7.11 Å². The van der Waals surface area contributed by atoms with Crippen molar-refractivity contribution in [2.45, 2.75) is 31.2 Å². The van der Waals surface area contributed by atoms with E-state index in [1.807, 2.05) is 26.0 Å². The van der Waals surface area contributed by atoms with E-state index >= 15 is 0 Å². The van der Waals surface area contributed by atoms with Gasteiger partial charge in [0.2, 0.25) is 0 Å². The van der Waals surface area contributed by atoms with Gasteiger partial charge in [0.15, 0.2) is 5.16 Å². The van der Waals surface area contributed by atoms with Crippen molar-refractivity contribution in [1.29, 1.82) is 0 Å². The number of carbonyl (C=O) groups is 1. The summed E-state index contributed by atoms with van der Waals surface area (Å²) in [5, 5.41) is 1.34. The molecular weight excluding hydrogens is 260 g/mol. The summed E-state index contributed by atoms with van der Waals surface area (Å²) in [7, 11) is 1.38. The highest BCUT2D eigenvalue weighted by molar-refractivity contribution is 8.00. The summed E-state index contributed by atoms with van der Waals surface area (Å²) in [6.07, 6.45) is 0. The van der Waals surface area contributed by atoms with Gasteiger partial charge in [0.05, 0.1) is 12.6 Å². The second kappa shape index (κ2) is 5.57. The van der Waals surface area contributed by atoms with Crippen LogP contribution in [0.5, 0.6) is 0 Å². The van der Waals surface area contributed by atoms with Gasteiger partial charge < -0.3 is 4.74 Å². The Bertz CT molecular complexity index is 628. The van der Waals surface area contributed by atoms with Crippen LogP contribution in [0.1, 0.15) is 18.2 Å². The van der Waals surface area contributed by atoms with Crippen molar-refractivity contribution < 1.29 is 9.53 Å². The van der Waals surface area contributed by atoms with Crippen molar-refractivity contribution in [3.8, 4) is 0 Å². The average Bonchev–Trinajstić information content (AvgIpc) is 2.38. The van der Waals surface area contributed by atoms with E-state index in [0.29, 0.717) is 5.16 Å². The van der Waals surface area contributed by atoms with Gasteiger partial charge in [-0.1, -0.05) is 23.4 Å². The van der Waals surface area contributed by atoms with E-state index in [2.05, 4.69) is 16.0 Å². The molecule has 5 heteroatoms. The van der Waals surface area contributed by atoms with Crippen LogP contribution < -0.4 is 0 Å². The maximum absolute atomic E-state index is 11.4. The van der Waals surface area contributed by atoms with E-state index in [1.54, 1.807) is 6.92 Å². The lowest BCUT2D eigenvalue weighted by molar-refractivity contribution is -0.139. The van der Waals surface area contributed by atoms with Crippen LogP contribution >= 0.6 is 11.8 Å². The van der Waals surface area contributed by atoms with Gasteiger partial charge in [-0.3, -0.25) is 4.79 Å². The van der Waals surface area contributed by atoms with E-state index in [4.69, 9.17) is 4.74 Å². The SMILES string of the molecule is COC(=O)C(C)Sc1nc(C)c2cc(C)ccc2n1. The average molecular weight is 276 g/mol. The molecule has 0 aliphatic rings. The predicted molar refractivity (Wildman–Crippen MR) is 76.3 cm³/mol. The second-order valence-electron chi connectivity index (χ2n) is 4.40. The van der Waals surface area contributed by atoms with E-state index in [9.17, 15) is 4.79 Å². The van der Waals surface area contributed by atoms with Crippen molar-refractivity contribution in [1.82, 2.24) is 9.97 Å². The van der Waals surface area contributed by atoms with Crippen LogP contribution in [-0.2, 0) is 9.53 Å². The van der Waals surface area contributed by atoms with Crippen LogP contribution in [0.15, 0.2) is 23.4 Å². The van der Waals surface area contributed by atoms with Crippen LogP contribution in [0.25, 0.3) is 10.9 Å². The Morgan fingerprint density at radius 2 is 2.05 bits per heavy atom. The number of hydrogen-bond acceptors (Lipinski definition) is 5. The summed E-state index contributed by atoms with van der Waals surface area (Å²) in [6.45, 7) is 5.78. The number of aryl methyl sites for hydroxylation is 2. The molecule has 100 valence electrons. The molecule has 0 saturated heterocycles. The minimum Gasteiger partial charge on any atom is -0.468 e. The fourth-order valence-electron chi connectivity index (χ4n) is 1.79. The number of esters is 1. The molecule has 2 rings (SSSR count). The minimum absolute atomic E-state index is 0.268. The molecular formula is C14H16N2O2S. The monoisotopic (exact) mass is 276 g/mol. The fourth-order valence-corrected chi connectivity index (χ4v) is 2.64. The number of ether oxygens (including phenoxy) is 1. The maximum Gasteiger partial charge on any atom is 0.318 e. The molecule has 4 nitrogen and oxygen atoms in total. The van der Waals surface area contributed by atoms with E-state index < -0.39 is 0 Å². The molecule has 1 heterocycles. The lowest BCUT2D eigenvalue weighted by Crippen LogP contribution is -2.15. The third kappa shape index (κ3) is 3.04.